The smallest absolute Gasteiger partial charge is 0.0573 e. The Balaban J connectivity index is 0.000000956. The Bertz CT molecular complexity index is 461. The monoisotopic (exact) mass is 274 g/mol. The van der Waals surface area contributed by atoms with Crippen LogP contribution in [-0.4, -0.2) is 20.1 Å². The molecule has 0 amide bonds. The second-order valence-electron chi connectivity index (χ2n) is 5.17. The van der Waals surface area contributed by atoms with Gasteiger partial charge in [0.05, 0.1) is 6.54 Å². The van der Waals surface area contributed by atoms with Gasteiger partial charge in [-0.2, -0.15) is 0 Å². The molecular formula is C18H30N2. The second kappa shape index (κ2) is 7.98. The van der Waals surface area contributed by atoms with Crippen molar-refractivity contribution in [2.75, 3.05) is 25.0 Å². The van der Waals surface area contributed by atoms with E-state index < -0.39 is 0 Å². The van der Waals surface area contributed by atoms with Gasteiger partial charge in [0.15, 0.2) is 0 Å². The number of nitrogens with zero attached hydrogens (tertiary/aromatic N) is 1. The molecule has 0 bridgehead atoms. The maximum atomic E-state index is 3.28. The van der Waals surface area contributed by atoms with Crippen molar-refractivity contribution in [3.63, 3.8) is 0 Å². The summed E-state index contributed by atoms with van der Waals surface area (Å²) in [5, 5.41) is 3.28. The molecule has 0 spiro atoms. The predicted molar refractivity (Wildman–Crippen MR) is 90.6 cm³/mol. The van der Waals surface area contributed by atoms with E-state index in [4.69, 9.17) is 0 Å². The Hall–Kier alpha value is -1.44. The van der Waals surface area contributed by atoms with E-state index in [2.05, 4.69) is 49.2 Å². The lowest BCUT2D eigenvalue weighted by atomic mass is 9.95. The Morgan fingerprint density at radius 2 is 2.00 bits per heavy atom. The first kappa shape index (κ1) is 16.6. The fourth-order valence-electron chi connectivity index (χ4n) is 2.83. The highest BCUT2D eigenvalue weighted by molar-refractivity contribution is 5.60. The standard InChI is InChI=1S/C16H24N2.C2H6/c1-5-14(17-4)11-18-8-6-7-15-13(3)9-12(2)10-16(15)18;1-2/h5,9-10,17H,6-8,11H2,1-4H3;1-2H3/b14-5-;. The number of allylic oxidation sites excluding steroid dienone is 1. The molecule has 0 unspecified atom stereocenters. The summed E-state index contributed by atoms with van der Waals surface area (Å²) in [6, 6.07) is 4.64. The number of benzene rings is 1. The van der Waals surface area contributed by atoms with E-state index in [0.29, 0.717) is 0 Å². The van der Waals surface area contributed by atoms with Crippen LogP contribution in [0.1, 0.15) is 43.9 Å². The minimum absolute atomic E-state index is 0.989. The fourth-order valence-corrected chi connectivity index (χ4v) is 2.83. The first-order chi connectivity index (χ1) is 9.65. The number of anilines is 1. The van der Waals surface area contributed by atoms with Crippen LogP contribution in [0.25, 0.3) is 0 Å². The van der Waals surface area contributed by atoms with Crippen LogP contribution in [0.15, 0.2) is 23.9 Å². The third kappa shape index (κ3) is 3.78. The number of rotatable bonds is 3. The maximum Gasteiger partial charge on any atom is 0.0573 e. The molecule has 2 nitrogen and oxygen atoms in total. The summed E-state index contributed by atoms with van der Waals surface area (Å²) in [6.07, 6.45) is 4.65. The molecule has 1 N–H and O–H groups in total. The molecule has 0 radical (unpaired) electrons. The Morgan fingerprint density at radius 3 is 2.60 bits per heavy atom. The van der Waals surface area contributed by atoms with E-state index in [-0.39, 0.29) is 0 Å². The molecule has 0 atom stereocenters. The van der Waals surface area contributed by atoms with Crippen molar-refractivity contribution in [2.45, 2.75) is 47.5 Å². The average molecular weight is 274 g/mol. The quantitative estimate of drug-likeness (QED) is 0.888. The Labute approximate surface area is 124 Å². The lowest BCUT2D eigenvalue weighted by Gasteiger charge is -2.33. The molecule has 1 aromatic rings. The normalized spacial score (nSPS) is 14.3. The van der Waals surface area contributed by atoms with Gasteiger partial charge in [0, 0.05) is 25.0 Å². The first-order valence-electron chi connectivity index (χ1n) is 7.83. The first-order valence-corrected chi connectivity index (χ1v) is 7.83. The van der Waals surface area contributed by atoms with Gasteiger partial charge < -0.3 is 10.2 Å². The van der Waals surface area contributed by atoms with Gasteiger partial charge in [-0.1, -0.05) is 26.0 Å². The number of aryl methyl sites for hydroxylation is 2. The molecule has 0 saturated heterocycles. The lowest BCUT2D eigenvalue weighted by Crippen LogP contribution is -2.34. The summed E-state index contributed by atoms with van der Waals surface area (Å²) in [5.41, 5.74) is 7.08. The minimum atomic E-state index is 0.989. The zero-order chi connectivity index (χ0) is 15.1. The third-order valence-corrected chi connectivity index (χ3v) is 3.82. The molecule has 1 aliphatic rings. The van der Waals surface area contributed by atoms with Crippen LogP contribution in [0, 0.1) is 13.8 Å². The summed E-state index contributed by atoms with van der Waals surface area (Å²) >= 11 is 0. The van der Waals surface area contributed by atoms with Crippen LogP contribution >= 0.6 is 0 Å². The molecule has 0 aliphatic carbocycles. The number of nitrogens with one attached hydrogen (secondary N) is 1. The van der Waals surface area contributed by atoms with Gasteiger partial charge in [-0.05, 0) is 56.4 Å². The van der Waals surface area contributed by atoms with Gasteiger partial charge >= 0.3 is 0 Å². The second-order valence-corrected chi connectivity index (χ2v) is 5.17. The van der Waals surface area contributed by atoms with Gasteiger partial charge in [-0.3, -0.25) is 0 Å². The van der Waals surface area contributed by atoms with Crippen molar-refractivity contribution in [2.24, 2.45) is 0 Å². The largest absolute Gasteiger partial charge is 0.390 e. The SMILES string of the molecule is C/C=C(/CN1CCCc2c(C)cc(C)cc21)NC.CC. The highest BCUT2D eigenvalue weighted by Crippen LogP contribution is 2.31. The van der Waals surface area contributed by atoms with Crippen molar-refractivity contribution < 1.29 is 0 Å². The molecule has 0 aromatic heterocycles. The van der Waals surface area contributed by atoms with E-state index >= 15 is 0 Å². The van der Waals surface area contributed by atoms with Crippen molar-refractivity contribution in [3.05, 3.63) is 40.6 Å². The van der Waals surface area contributed by atoms with Gasteiger partial charge in [0.1, 0.15) is 0 Å². The summed E-state index contributed by atoms with van der Waals surface area (Å²) in [7, 11) is 2.00. The van der Waals surface area contributed by atoms with Crippen LogP contribution in [0.3, 0.4) is 0 Å². The van der Waals surface area contributed by atoms with Crippen LogP contribution in [-0.2, 0) is 6.42 Å². The Morgan fingerprint density at radius 1 is 1.30 bits per heavy atom. The van der Waals surface area contributed by atoms with E-state index in [9.17, 15) is 0 Å². The molecule has 1 heterocycles. The summed E-state index contributed by atoms with van der Waals surface area (Å²) in [6.45, 7) is 12.7. The number of hydrogen-bond donors (Lipinski definition) is 1. The molecule has 20 heavy (non-hydrogen) atoms. The third-order valence-electron chi connectivity index (χ3n) is 3.82. The topological polar surface area (TPSA) is 15.3 Å². The van der Waals surface area contributed by atoms with E-state index in [1.54, 1.807) is 5.56 Å². The summed E-state index contributed by atoms with van der Waals surface area (Å²) < 4.78 is 0. The van der Waals surface area contributed by atoms with E-state index in [1.165, 1.54) is 35.4 Å². The number of likely N-dealkylation sites (N-methyl/N-ethyl adjacent to an activating group) is 1. The van der Waals surface area contributed by atoms with Crippen molar-refractivity contribution in [1.29, 1.82) is 0 Å². The molecule has 1 aromatic carbocycles. The summed E-state index contributed by atoms with van der Waals surface area (Å²) in [5.74, 6) is 0. The van der Waals surface area contributed by atoms with Crippen molar-refractivity contribution in [3.8, 4) is 0 Å². The Kier molecular flexibility index (Phi) is 6.63. The molecule has 0 fully saturated rings. The van der Waals surface area contributed by atoms with Gasteiger partial charge in [-0.15, -0.1) is 0 Å². The van der Waals surface area contributed by atoms with Crippen LogP contribution in [0.4, 0.5) is 5.69 Å². The molecule has 112 valence electrons. The van der Waals surface area contributed by atoms with Crippen molar-refractivity contribution >= 4 is 5.69 Å². The van der Waals surface area contributed by atoms with Crippen LogP contribution in [0.2, 0.25) is 0 Å². The van der Waals surface area contributed by atoms with Gasteiger partial charge in [0.2, 0.25) is 0 Å². The van der Waals surface area contributed by atoms with Gasteiger partial charge in [0.25, 0.3) is 0 Å². The van der Waals surface area contributed by atoms with Crippen LogP contribution < -0.4 is 10.2 Å². The fraction of sp³-hybridized carbons (Fsp3) is 0.556. The van der Waals surface area contributed by atoms with Crippen LogP contribution in [0.5, 0.6) is 0 Å². The zero-order valence-electron chi connectivity index (χ0n) is 14.0. The number of hydrogen-bond acceptors (Lipinski definition) is 2. The van der Waals surface area contributed by atoms with Crippen molar-refractivity contribution in [1.82, 2.24) is 5.32 Å². The van der Waals surface area contributed by atoms with Gasteiger partial charge in [-0.25, -0.2) is 0 Å². The molecule has 0 saturated carbocycles. The molecular weight excluding hydrogens is 244 g/mol. The highest BCUT2D eigenvalue weighted by Gasteiger charge is 2.19. The predicted octanol–water partition coefficient (Wildman–Crippen LogP) is 4.21. The molecule has 1 aliphatic heterocycles. The van der Waals surface area contributed by atoms with E-state index in [0.717, 1.165) is 13.1 Å². The summed E-state index contributed by atoms with van der Waals surface area (Å²) in [4.78, 5) is 2.50. The zero-order valence-corrected chi connectivity index (χ0v) is 14.0. The maximum absolute atomic E-state index is 3.28. The highest BCUT2D eigenvalue weighted by atomic mass is 15.2. The molecule has 2 rings (SSSR count). The minimum Gasteiger partial charge on any atom is -0.390 e. The average Bonchev–Trinajstić information content (AvgIpc) is 2.47. The molecule has 2 heteroatoms. The van der Waals surface area contributed by atoms with E-state index in [1.807, 2.05) is 20.9 Å². The number of fused-ring (bicyclic) bond motifs is 1. The lowest BCUT2D eigenvalue weighted by molar-refractivity contribution is 0.697.